The van der Waals surface area contributed by atoms with E-state index in [0.29, 0.717) is 22.5 Å². The minimum atomic E-state index is -0.649. The van der Waals surface area contributed by atoms with Crippen LogP contribution in [-0.4, -0.2) is 9.97 Å². The van der Waals surface area contributed by atoms with Crippen molar-refractivity contribution in [2.24, 2.45) is 0 Å². The van der Waals surface area contributed by atoms with E-state index in [4.69, 9.17) is 23.7 Å². The van der Waals surface area contributed by atoms with Crippen LogP contribution < -0.4 is 0 Å². The zero-order valence-electron chi connectivity index (χ0n) is 17.6. The summed E-state index contributed by atoms with van der Waals surface area (Å²) in [7, 11) is 0. The summed E-state index contributed by atoms with van der Waals surface area (Å²) in [4.78, 5) is 7.98. The molecule has 4 rings (SSSR count). The van der Waals surface area contributed by atoms with Crippen LogP contribution in [0.15, 0.2) is 73.1 Å². The second-order valence-corrected chi connectivity index (χ2v) is 6.05. The van der Waals surface area contributed by atoms with Gasteiger partial charge in [0.1, 0.15) is 11.6 Å². The molecule has 0 aliphatic heterocycles. The van der Waals surface area contributed by atoms with Gasteiger partial charge in [0.05, 0.1) is 5.69 Å². The fourth-order valence-electron chi connectivity index (χ4n) is 2.69. The van der Waals surface area contributed by atoms with Crippen molar-refractivity contribution in [2.75, 3.05) is 0 Å². The normalized spacial score (nSPS) is 8.85. The third kappa shape index (κ3) is 8.55. The third-order valence-corrected chi connectivity index (χ3v) is 3.95. The van der Waals surface area contributed by atoms with Gasteiger partial charge in [-0.1, -0.05) is 29.8 Å². The van der Waals surface area contributed by atoms with Gasteiger partial charge in [-0.05, 0) is 42.4 Å². The van der Waals surface area contributed by atoms with Crippen molar-refractivity contribution in [3.05, 3.63) is 121 Å². The summed E-state index contributed by atoms with van der Waals surface area (Å²) in [5.41, 5.74) is 2.06. The van der Waals surface area contributed by atoms with Crippen molar-refractivity contribution >= 4 is 0 Å². The Hall–Kier alpha value is -3.91. The Bertz CT molecular complexity index is 1170. The van der Waals surface area contributed by atoms with Crippen LogP contribution in [0.1, 0.15) is 5.56 Å². The van der Waals surface area contributed by atoms with Crippen molar-refractivity contribution in [3.8, 4) is 22.5 Å². The molecule has 0 saturated carbocycles. The van der Waals surface area contributed by atoms with Crippen LogP contribution in [0, 0.1) is 59.9 Å². The molecule has 0 aliphatic carbocycles. The predicted octanol–water partition coefficient (Wildman–Crippen LogP) is 6.35. The first-order valence-electron chi connectivity index (χ1n) is 9.05. The molecule has 0 spiro atoms. The molecule has 0 bridgehead atoms. The molecule has 0 N–H and O–H groups in total. The average molecular weight is 640 g/mol. The number of halogens is 4. The van der Waals surface area contributed by atoms with E-state index in [1.54, 1.807) is 55.7 Å². The zero-order chi connectivity index (χ0) is 24.8. The van der Waals surface area contributed by atoms with Gasteiger partial charge < -0.3 is 28.7 Å². The monoisotopic (exact) mass is 640 g/mol. The Balaban J connectivity index is 0.000000546. The molecule has 2 aromatic carbocycles. The number of rotatable bonds is 2. The minimum absolute atomic E-state index is 0. The first-order valence-corrected chi connectivity index (χ1v) is 9.05. The van der Waals surface area contributed by atoms with E-state index in [2.05, 4.69) is 16.0 Å². The quantitative estimate of drug-likeness (QED) is 0.189. The summed E-state index contributed by atoms with van der Waals surface area (Å²) in [5, 5.41) is 12.5. The van der Waals surface area contributed by atoms with Crippen LogP contribution in [0.2, 0.25) is 0 Å². The van der Waals surface area contributed by atoms with Crippen LogP contribution in [0.3, 0.4) is 0 Å². The second kappa shape index (κ2) is 15.8. The van der Waals surface area contributed by atoms with Gasteiger partial charge in [0.2, 0.25) is 0 Å². The fourth-order valence-corrected chi connectivity index (χ4v) is 2.69. The number of aromatic nitrogens is 2. The van der Waals surface area contributed by atoms with E-state index in [9.17, 15) is 17.6 Å². The smallest absolute Gasteiger partial charge is 0.135 e. The Morgan fingerprint density at radius 1 is 0.735 bits per heavy atom. The molecule has 0 aliphatic rings. The van der Waals surface area contributed by atoms with Gasteiger partial charge in [0, 0.05) is 55.8 Å². The van der Waals surface area contributed by atoms with E-state index < -0.39 is 23.3 Å². The maximum Gasteiger partial charge on any atom is 0.135 e. The van der Waals surface area contributed by atoms with Crippen molar-refractivity contribution in [1.82, 2.24) is 9.97 Å². The minimum Gasteiger partial charge on any atom is -0.512 e. The number of benzene rings is 2. The fraction of sp³-hybridized carbons (Fsp3) is 0.0400. The van der Waals surface area contributed by atoms with Gasteiger partial charge in [-0.3, -0.25) is 13.8 Å². The largest absolute Gasteiger partial charge is 0.512 e. The van der Waals surface area contributed by atoms with Crippen LogP contribution >= 0.6 is 0 Å². The van der Waals surface area contributed by atoms with Crippen LogP contribution in [0.5, 0.6) is 0 Å². The Kier molecular flexibility index (Phi) is 14.0. The van der Waals surface area contributed by atoms with Crippen molar-refractivity contribution in [1.29, 1.82) is 10.5 Å². The van der Waals surface area contributed by atoms with E-state index in [1.165, 1.54) is 6.07 Å². The summed E-state index contributed by atoms with van der Waals surface area (Å²) in [6, 6.07) is 16.9. The summed E-state index contributed by atoms with van der Waals surface area (Å²) in [6.45, 7) is 11.2. The Morgan fingerprint density at radius 2 is 1.26 bits per heavy atom. The van der Waals surface area contributed by atoms with Crippen LogP contribution in [0.4, 0.5) is 17.6 Å². The first kappa shape index (κ1) is 30.1. The van der Waals surface area contributed by atoms with Gasteiger partial charge in [-0.15, -0.1) is 12.1 Å². The number of hydrogen-bond donors (Lipinski definition) is 0. The first-order chi connectivity index (χ1) is 16.0. The van der Waals surface area contributed by atoms with Crippen molar-refractivity contribution in [2.45, 2.75) is 6.92 Å². The molecule has 4 aromatic rings. The second-order valence-electron chi connectivity index (χ2n) is 6.05. The van der Waals surface area contributed by atoms with Gasteiger partial charge in [-0.2, -0.15) is 0 Å². The molecule has 0 atom stereocenters. The zero-order valence-corrected chi connectivity index (χ0v) is 20.0. The standard InChI is InChI=1S/C12H9F2N.C11H6F2N.2CN.Ir/c1-8-6-9(13)7-10(14)12(8)11-4-2-3-5-15-11;12-8-4-5-9(10(13)7-8)11-3-1-2-6-14-11;2*1-2;/h2-7H,1H3;1-4,6-7H;;;/q;3*-1;. The predicted molar refractivity (Wildman–Crippen MR) is 113 cm³/mol. The molecule has 175 valence electrons. The maximum atomic E-state index is 13.5. The number of hydrogen-bond acceptors (Lipinski definition) is 4. The van der Waals surface area contributed by atoms with Crippen LogP contribution in [-0.2, 0) is 20.1 Å². The molecular weight excluding hydrogens is 625 g/mol. The molecule has 0 fully saturated rings. The molecule has 0 unspecified atom stereocenters. The summed E-state index contributed by atoms with van der Waals surface area (Å²) in [5.74, 6) is -2.43. The molecule has 0 saturated heterocycles. The number of pyridine rings is 2. The summed E-state index contributed by atoms with van der Waals surface area (Å²) in [6.07, 6.45) is 3.13. The third-order valence-electron chi connectivity index (χ3n) is 3.95. The van der Waals surface area contributed by atoms with Gasteiger partial charge >= 0.3 is 0 Å². The molecule has 2 aromatic heterocycles. The molecule has 2 heterocycles. The van der Waals surface area contributed by atoms with E-state index in [0.717, 1.165) is 18.2 Å². The van der Waals surface area contributed by atoms with Gasteiger partial charge in [-0.25, -0.2) is 8.78 Å². The molecule has 9 heteroatoms. The molecule has 1 radical (unpaired) electrons. The average Bonchev–Trinajstić information content (AvgIpc) is 2.83. The molecule has 4 nitrogen and oxygen atoms in total. The Labute approximate surface area is 208 Å². The topological polar surface area (TPSA) is 73.4 Å². The number of nitrogens with zero attached hydrogens (tertiary/aromatic N) is 4. The maximum absolute atomic E-state index is 13.5. The van der Waals surface area contributed by atoms with Gasteiger partial charge in [0.25, 0.3) is 0 Å². The summed E-state index contributed by atoms with van der Waals surface area (Å²) >= 11 is 0. The van der Waals surface area contributed by atoms with Crippen LogP contribution in [0.25, 0.3) is 22.5 Å². The Morgan fingerprint density at radius 3 is 1.74 bits per heavy atom. The number of aryl methyl sites for hydroxylation is 1. The SMILES string of the molecule is Cc1cc(F)cc(F)c1-c1ccccn1.Fc1c[c-]c(-c2ccccn2)c(F)c1.[C-]#N.[C-]#N.[Ir]. The molecular formula is C25H15F4IrN4-3. The van der Waals surface area contributed by atoms with E-state index in [-0.39, 0.29) is 25.7 Å². The molecule has 0 amide bonds. The molecule has 34 heavy (non-hydrogen) atoms. The summed E-state index contributed by atoms with van der Waals surface area (Å²) < 4.78 is 52.2. The van der Waals surface area contributed by atoms with E-state index >= 15 is 0 Å². The van der Waals surface area contributed by atoms with Crippen molar-refractivity contribution in [3.63, 3.8) is 0 Å². The van der Waals surface area contributed by atoms with Crippen molar-refractivity contribution < 1.29 is 37.7 Å². The van der Waals surface area contributed by atoms with E-state index in [1.807, 2.05) is 0 Å². The van der Waals surface area contributed by atoms with Gasteiger partial charge in [0.15, 0.2) is 0 Å².